The van der Waals surface area contributed by atoms with Gasteiger partial charge in [0.1, 0.15) is 0 Å². The number of aromatic nitrogens is 2. The first-order valence-electron chi connectivity index (χ1n) is 6.88. The summed E-state index contributed by atoms with van der Waals surface area (Å²) in [7, 11) is 0. The number of anilines is 1. The standard InChI is InChI=1S/C13H20ClN5O/c1-3-18(4-2)9-5-6-19(8-9)13-10(12(15)20)7-11(14)16-17-13/h7,9H,3-6,8H2,1-2H3,(H2,15,20). The fraction of sp³-hybridized carbons (Fsp3) is 0.615. The van der Waals surface area contributed by atoms with Crippen LogP contribution in [0.15, 0.2) is 6.07 Å². The molecular weight excluding hydrogens is 278 g/mol. The van der Waals surface area contributed by atoms with Crippen LogP contribution in [0.5, 0.6) is 0 Å². The second-order valence-electron chi connectivity index (χ2n) is 4.88. The van der Waals surface area contributed by atoms with Gasteiger partial charge in [0.2, 0.25) is 0 Å². The zero-order valence-corrected chi connectivity index (χ0v) is 12.6. The molecule has 110 valence electrons. The Morgan fingerprint density at radius 1 is 1.50 bits per heavy atom. The van der Waals surface area contributed by atoms with Gasteiger partial charge in [-0.3, -0.25) is 9.69 Å². The molecule has 0 aliphatic carbocycles. The van der Waals surface area contributed by atoms with Crippen molar-refractivity contribution in [2.75, 3.05) is 31.1 Å². The molecule has 1 aromatic heterocycles. The molecule has 1 aromatic rings. The molecule has 20 heavy (non-hydrogen) atoms. The van der Waals surface area contributed by atoms with E-state index < -0.39 is 5.91 Å². The molecule has 1 amide bonds. The number of carbonyl (C=O) groups excluding carboxylic acids is 1. The van der Waals surface area contributed by atoms with E-state index in [1.165, 1.54) is 6.07 Å². The quantitative estimate of drug-likeness (QED) is 0.882. The molecule has 1 atom stereocenters. The molecule has 1 unspecified atom stereocenters. The molecule has 0 spiro atoms. The van der Waals surface area contributed by atoms with Crippen LogP contribution in [0.3, 0.4) is 0 Å². The van der Waals surface area contributed by atoms with Gasteiger partial charge >= 0.3 is 0 Å². The van der Waals surface area contributed by atoms with Gasteiger partial charge in [-0.2, -0.15) is 0 Å². The Hall–Kier alpha value is -1.40. The van der Waals surface area contributed by atoms with Crippen molar-refractivity contribution >= 4 is 23.3 Å². The van der Waals surface area contributed by atoms with Gasteiger partial charge < -0.3 is 10.6 Å². The molecule has 1 fully saturated rings. The van der Waals surface area contributed by atoms with Crippen LogP contribution in [-0.2, 0) is 0 Å². The third-order valence-electron chi connectivity index (χ3n) is 3.80. The third kappa shape index (κ3) is 3.02. The van der Waals surface area contributed by atoms with Crippen molar-refractivity contribution < 1.29 is 4.79 Å². The maximum absolute atomic E-state index is 11.5. The highest BCUT2D eigenvalue weighted by atomic mass is 35.5. The Bertz CT molecular complexity index is 492. The van der Waals surface area contributed by atoms with E-state index in [4.69, 9.17) is 17.3 Å². The van der Waals surface area contributed by atoms with Crippen molar-refractivity contribution in [3.05, 3.63) is 16.8 Å². The van der Waals surface area contributed by atoms with Crippen LogP contribution < -0.4 is 10.6 Å². The number of rotatable bonds is 5. The van der Waals surface area contributed by atoms with Gasteiger partial charge in [0.15, 0.2) is 11.0 Å². The molecule has 6 nitrogen and oxygen atoms in total. The summed E-state index contributed by atoms with van der Waals surface area (Å²) in [5.41, 5.74) is 5.73. The largest absolute Gasteiger partial charge is 0.365 e. The molecule has 2 N–H and O–H groups in total. The van der Waals surface area contributed by atoms with E-state index in [-0.39, 0.29) is 5.15 Å². The Morgan fingerprint density at radius 2 is 2.20 bits per heavy atom. The first-order valence-corrected chi connectivity index (χ1v) is 7.26. The zero-order valence-electron chi connectivity index (χ0n) is 11.8. The van der Waals surface area contributed by atoms with E-state index in [0.717, 1.165) is 32.6 Å². The first kappa shape index (κ1) is 15.0. The Balaban J connectivity index is 2.20. The lowest BCUT2D eigenvalue weighted by atomic mass is 10.2. The van der Waals surface area contributed by atoms with E-state index >= 15 is 0 Å². The van der Waals surface area contributed by atoms with Crippen molar-refractivity contribution in [3.63, 3.8) is 0 Å². The van der Waals surface area contributed by atoms with Crippen molar-refractivity contribution in [3.8, 4) is 0 Å². The van der Waals surface area contributed by atoms with E-state index in [1.807, 2.05) is 0 Å². The minimum Gasteiger partial charge on any atom is -0.365 e. The fourth-order valence-corrected chi connectivity index (χ4v) is 2.90. The van der Waals surface area contributed by atoms with Crippen molar-refractivity contribution in [2.45, 2.75) is 26.3 Å². The number of hydrogen-bond donors (Lipinski definition) is 1. The minimum atomic E-state index is -0.525. The van der Waals surface area contributed by atoms with Crippen molar-refractivity contribution in [2.24, 2.45) is 5.73 Å². The second kappa shape index (κ2) is 6.37. The van der Waals surface area contributed by atoms with Gasteiger partial charge in [-0.05, 0) is 25.6 Å². The Morgan fingerprint density at radius 3 is 2.80 bits per heavy atom. The number of amides is 1. The summed E-state index contributed by atoms with van der Waals surface area (Å²) in [4.78, 5) is 16.0. The topological polar surface area (TPSA) is 75.3 Å². The number of nitrogens with zero attached hydrogens (tertiary/aromatic N) is 4. The summed E-state index contributed by atoms with van der Waals surface area (Å²) in [5.74, 6) is 0.0136. The summed E-state index contributed by atoms with van der Waals surface area (Å²) in [6.45, 7) is 8.02. The summed E-state index contributed by atoms with van der Waals surface area (Å²) >= 11 is 5.78. The highest BCUT2D eigenvalue weighted by molar-refractivity contribution is 6.29. The van der Waals surface area contributed by atoms with Crippen LogP contribution in [0, 0.1) is 0 Å². The van der Waals surface area contributed by atoms with Crippen LogP contribution in [0.1, 0.15) is 30.6 Å². The van der Waals surface area contributed by atoms with Crippen LogP contribution in [0.4, 0.5) is 5.82 Å². The smallest absolute Gasteiger partial charge is 0.252 e. The number of nitrogens with two attached hydrogens (primary N) is 1. The number of halogens is 1. The predicted octanol–water partition coefficient (Wildman–Crippen LogP) is 1.15. The average molecular weight is 298 g/mol. The van der Waals surface area contributed by atoms with Gasteiger partial charge in [0.05, 0.1) is 5.56 Å². The SMILES string of the molecule is CCN(CC)C1CCN(c2nnc(Cl)cc2C(N)=O)C1. The van der Waals surface area contributed by atoms with Crippen molar-refractivity contribution in [1.29, 1.82) is 0 Å². The van der Waals surface area contributed by atoms with E-state index in [0.29, 0.717) is 17.4 Å². The maximum Gasteiger partial charge on any atom is 0.252 e. The van der Waals surface area contributed by atoms with Gasteiger partial charge in [0.25, 0.3) is 5.91 Å². The number of hydrogen-bond acceptors (Lipinski definition) is 5. The summed E-state index contributed by atoms with van der Waals surface area (Å²) in [6.07, 6.45) is 1.05. The third-order valence-corrected chi connectivity index (χ3v) is 3.99. The van der Waals surface area contributed by atoms with Crippen LogP contribution in [-0.4, -0.2) is 53.2 Å². The first-order chi connectivity index (χ1) is 9.56. The van der Waals surface area contributed by atoms with E-state index in [2.05, 4.69) is 33.8 Å². The number of likely N-dealkylation sites (N-methyl/N-ethyl adjacent to an activating group) is 1. The monoisotopic (exact) mass is 297 g/mol. The highest BCUT2D eigenvalue weighted by Crippen LogP contribution is 2.25. The number of primary amides is 1. The average Bonchev–Trinajstić information content (AvgIpc) is 2.89. The fourth-order valence-electron chi connectivity index (χ4n) is 2.75. The second-order valence-corrected chi connectivity index (χ2v) is 5.27. The Kier molecular flexibility index (Phi) is 4.77. The molecular formula is C13H20ClN5O. The molecule has 1 aliphatic heterocycles. The number of carbonyl (C=O) groups is 1. The molecule has 0 saturated carbocycles. The van der Waals surface area contributed by atoms with Crippen molar-refractivity contribution in [1.82, 2.24) is 15.1 Å². The normalized spacial score (nSPS) is 18.8. The Labute approximate surface area is 123 Å². The molecule has 2 rings (SSSR count). The highest BCUT2D eigenvalue weighted by Gasteiger charge is 2.29. The molecule has 0 aromatic carbocycles. The van der Waals surface area contributed by atoms with Gasteiger partial charge in [-0.25, -0.2) is 0 Å². The van der Waals surface area contributed by atoms with E-state index in [1.54, 1.807) is 0 Å². The van der Waals surface area contributed by atoms with Gasteiger partial charge in [0, 0.05) is 19.1 Å². The molecule has 0 radical (unpaired) electrons. The minimum absolute atomic E-state index is 0.182. The predicted molar refractivity (Wildman–Crippen MR) is 79.1 cm³/mol. The lowest BCUT2D eigenvalue weighted by Crippen LogP contribution is -2.37. The van der Waals surface area contributed by atoms with Gasteiger partial charge in [-0.1, -0.05) is 25.4 Å². The lowest BCUT2D eigenvalue weighted by molar-refractivity contribution is 0.1000. The van der Waals surface area contributed by atoms with Gasteiger partial charge in [-0.15, -0.1) is 10.2 Å². The molecule has 0 bridgehead atoms. The summed E-state index contributed by atoms with van der Waals surface area (Å²) in [6, 6.07) is 1.96. The van der Waals surface area contributed by atoms with Crippen LogP contribution in [0.25, 0.3) is 0 Å². The molecule has 7 heteroatoms. The molecule has 1 saturated heterocycles. The summed E-state index contributed by atoms with van der Waals surface area (Å²) in [5, 5.41) is 8.06. The maximum atomic E-state index is 11.5. The zero-order chi connectivity index (χ0) is 14.7. The molecule has 2 heterocycles. The lowest BCUT2D eigenvalue weighted by Gasteiger charge is -2.26. The van der Waals surface area contributed by atoms with E-state index in [9.17, 15) is 4.79 Å². The molecule has 1 aliphatic rings. The van der Waals surface area contributed by atoms with Crippen LogP contribution in [0.2, 0.25) is 5.15 Å². The summed E-state index contributed by atoms with van der Waals surface area (Å²) < 4.78 is 0. The van der Waals surface area contributed by atoms with Crippen LogP contribution >= 0.6 is 11.6 Å².